The van der Waals surface area contributed by atoms with Crippen molar-refractivity contribution < 1.29 is 19.6 Å². The lowest BCUT2D eigenvalue weighted by atomic mass is 9.78. The van der Waals surface area contributed by atoms with Crippen molar-refractivity contribution in [2.75, 3.05) is 0 Å². The van der Waals surface area contributed by atoms with Gasteiger partial charge >= 0.3 is 13.2 Å². The van der Waals surface area contributed by atoms with Crippen LogP contribution in [-0.2, 0) is 4.74 Å². The third-order valence-electron chi connectivity index (χ3n) is 2.97. The lowest BCUT2D eigenvalue weighted by Crippen LogP contribution is -2.50. The van der Waals surface area contributed by atoms with E-state index in [0.717, 1.165) is 12.8 Å². The number of nitrogens with zero attached hydrogens (tertiary/aromatic N) is 1. The Labute approximate surface area is 103 Å². The van der Waals surface area contributed by atoms with Gasteiger partial charge in [-0.2, -0.15) is 0 Å². The Balaban J connectivity index is 2.78. The largest absolute Gasteiger partial charge is 0.475 e. The highest BCUT2D eigenvalue weighted by Crippen LogP contribution is 2.28. The molecule has 6 heteroatoms. The van der Waals surface area contributed by atoms with Gasteiger partial charge < -0.3 is 19.7 Å². The van der Waals surface area contributed by atoms with Gasteiger partial charge in [-0.25, -0.2) is 4.79 Å². The van der Waals surface area contributed by atoms with E-state index in [1.54, 1.807) is 20.8 Å². The van der Waals surface area contributed by atoms with Gasteiger partial charge in [-0.05, 0) is 40.0 Å². The number of amides is 1. The van der Waals surface area contributed by atoms with Crippen LogP contribution in [0, 0.1) is 0 Å². The third kappa shape index (κ3) is 3.61. The number of hydrogen-bond donors (Lipinski definition) is 2. The molecule has 0 aliphatic carbocycles. The van der Waals surface area contributed by atoms with Crippen LogP contribution in [0.25, 0.3) is 0 Å². The van der Waals surface area contributed by atoms with Crippen LogP contribution < -0.4 is 0 Å². The lowest BCUT2D eigenvalue weighted by molar-refractivity contribution is 0.0174. The van der Waals surface area contributed by atoms with Crippen molar-refractivity contribution in [3.63, 3.8) is 0 Å². The lowest BCUT2D eigenvalue weighted by Gasteiger charge is -2.32. The van der Waals surface area contributed by atoms with Crippen molar-refractivity contribution in [2.45, 2.75) is 64.5 Å². The highest BCUT2D eigenvalue weighted by molar-refractivity contribution is 6.43. The zero-order valence-electron chi connectivity index (χ0n) is 11.0. The SMILES string of the molecule is CCC1CCC(B(O)O)N1C(=O)OC(C)(C)C. The maximum Gasteiger partial charge on any atom is 0.475 e. The molecule has 1 aliphatic rings. The predicted octanol–water partition coefficient (Wildman–Crippen LogP) is 1.18. The average Bonchev–Trinajstić information content (AvgIpc) is 2.57. The number of hydrogen-bond acceptors (Lipinski definition) is 4. The smallest absolute Gasteiger partial charge is 0.444 e. The van der Waals surface area contributed by atoms with Gasteiger partial charge in [0.1, 0.15) is 5.60 Å². The Morgan fingerprint density at radius 1 is 1.41 bits per heavy atom. The van der Waals surface area contributed by atoms with Crippen LogP contribution in [0.5, 0.6) is 0 Å². The van der Waals surface area contributed by atoms with Crippen molar-refractivity contribution in [1.29, 1.82) is 0 Å². The summed E-state index contributed by atoms with van der Waals surface area (Å²) in [5.41, 5.74) is -0.567. The molecule has 1 fully saturated rings. The second-order valence-electron chi connectivity index (χ2n) is 5.51. The summed E-state index contributed by atoms with van der Waals surface area (Å²) in [7, 11) is -1.50. The second-order valence-corrected chi connectivity index (χ2v) is 5.51. The first kappa shape index (κ1) is 14.3. The molecule has 0 aromatic carbocycles. The molecule has 98 valence electrons. The van der Waals surface area contributed by atoms with Gasteiger partial charge in [0, 0.05) is 6.04 Å². The van der Waals surface area contributed by atoms with E-state index < -0.39 is 24.8 Å². The van der Waals surface area contributed by atoms with Gasteiger partial charge in [-0.3, -0.25) is 0 Å². The minimum atomic E-state index is -1.50. The third-order valence-corrected chi connectivity index (χ3v) is 2.97. The van der Waals surface area contributed by atoms with E-state index in [-0.39, 0.29) is 6.04 Å². The molecule has 2 atom stereocenters. The summed E-state index contributed by atoms with van der Waals surface area (Å²) in [4.78, 5) is 13.5. The first-order valence-electron chi connectivity index (χ1n) is 6.13. The van der Waals surface area contributed by atoms with E-state index in [4.69, 9.17) is 4.74 Å². The number of likely N-dealkylation sites (tertiary alicyclic amines) is 1. The predicted molar refractivity (Wildman–Crippen MR) is 65.4 cm³/mol. The summed E-state index contributed by atoms with van der Waals surface area (Å²) in [5, 5.41) is 18.6. The van der Waals surface area contributed by atoms with Crippen LogP contribution in [0.1, 0.15) is 47.0 Å². The molecular formula is C11H22BNO4. The van der Waals surface area contributed by atoms with Gasteiger partial charge in [-0.1, -0.05) is 6.92 Å². The molecule has 0 spiro atoms. The molecule has 1 heterocycles. The summed E-state index contributed by atoms with van der Waals surface area (Å²) in [6.07, 6.45) is 1.73. The van der Waals surface area contributed by atoms with Gasteiger partial charge in [0.15, 0.2) is 0 Å². The molecule has 2 unspecified atom stereocenters. The molecule has 0 saturated carbocycles. The summed E-state index contributed by atoms with van der Waals surface area (Å²) < 4.78 is 5.30. The minimum Gasteiger partial charge on any atom is -0.444 e. The molecule has 17 heavy (non-hydrogen) atoms. The average molecular weight is 243 g/mol. The zero-order chi connectivity index (χ0) is 13.2. The van der Waals surface area contributed by atoms with Crippen LogP contribution in [-0.4, -0.2) is 45.7 Å². The molecule has 0 aromatic heterocycles. The van der Waals surface area contributed by atoms with E-state index in [2.05, 4.69) is 0 Å². The minimum absolute atomic E-state index is 0.0386. The molecule has 0 bridgehead atoms. The molecule has 0 aromatic rings. The first-order chi connectivity index (χ1) is 7.76. The van der Waals surface area contributed by atoms with Crippen LogP contribution in [0.3, 0.4) is 0 Å². The number of carbonyl (C=O) groups excluding carboxylic acids is 1. The maximum atomic E-state index is 12.0. The topological polar surface area (TPSA) is 70.0 Å². The van der Waals surface area contributed by atoms with E-state index >= 15 is 0 Å². The highest BCUT2D eigenvalue weighted by Gasteiger charge is 2.43. The quantitative estimate of drug-likeness (QED) is 0.714. The van der Waals surface area contributed by atoms with Crippen LogP contribution in [0.4, 0.5) is 4.79 Å². The van der Waals surface area contributed by atoms with E-state index in [1.807, 2.05) is 6.92 Å². The Morgan fingerprint density at radius 2 is 2.00 bits per heavy atom. The standard InChI is InChI=1S/C11H22BNO4/c1-5-8-6-7-9(12(15)16)13(8)10(14)17-11(2,3)4/h8-9,15-16H,5-7H2,1-4H3. The molecule has 2 N–H and O–H groups in total. The maximum absolute atomic E-state index is 12.0. The van der Waals surface area contributed by atoms with E-state index in [0.29, 0.717) is 6.42 Å². The zero-order valence-corrected chi connectivity index (χ0v) is 11.0. The van der Waals surface area contributed by atoms with Crippen LogP contribution in [0.15, 0.2) is 0 Å². The highest BCUT2D eigenvalue weighted by atomic mass is 16.6. The molecule has 0 radical (unpaired) electrons. The normalized spacial score (nSPS) is 24.9. The Bertz CT molecular complexity index is 277. The molecule has 1 saturated heterocycles. The van der Waals surface area contributed by atoms with Crippen molar-refractivity contribution in [2.24, 2.45) is 0 Å². The van der Waals surface area contributed by atoms with Gasteiger partial charge in [0.05, 0.1) is 5.94 Å². The van der Waals surface area contributed by atoms with Gasteiger partial charge in [0.25, 0.3) is 0 Å². The van der Waals surface area contributed by atoms with Crippen LogP contribution in [0.2, 0.25) is 0 Å². The van der Waals surface area contributed by atoms with Crippen LogP contribution >= 0.6 is 0 Å². The Morgan fingerprint density at radius 3 is 2.41 bits per heavy atom. The first-order valence-corrected chi connectivity index (χ1v) is 6.13. The fraction of sp³-hybridized carbons (Fsp3) is 0.909. The number of rotatable bonds is 2. The summed E-state index contributed by atoms with van der Waals surface area (Å²) in [6, 6.07) is 0.0386. The molecular weight excluding hydrogens is 221 g/mol. The monoisotopic (exact) mass is 243 g/mol. The fourth-order valence-corrected chi connectivity index (χ4v) is 2.20. The Kier molecular flexibility index (Phi) is 4.44. The summed E-state index contributed by atoms with van der Waals surface area (Å²) >= 11 is 0. The summed E-state index contributed by atoms with van der Waals surface area (Å²) in [6.45, 7) is 7.37. The van der Waals surface area contributed by atoms with Crippen molar-refractivity contribution in [3.8, 4) is 0 Å². The molecule has 1 amide bonds. The van der Waals surface area contributed by atoms with Crippen molar-refractivity contribution >= 4 is 13.2 Å². The Hall–Kier alpha value is -0.745. The van der Waals surface area contributed by atoms with E-state index in [1.165, 1.54) is 4.90 Å². The molecule has 5 nitrogen and oxygen atoms in total. The fourth-order valence-electron chi connectivity index (χ4n) is 2.20. The van der Waals surface area contributed by atoms with Gasteiger partial charge in [-0.15, -0.1) is 0 Å². The number of ether oxygens (including phenoxy) is 1. The van der Waals surface area contributed by atoms with Crippen molar-refractivity contribution in [3.05, 3.63) is 0 Å². The number of carbonyl (C=O) groups is 1. The van der Waals surface area contributed by atoms with Gasteiger partial charge in [0.2, 0.25) is 0 Å². The summed E-state index contributed by atoms with van der Waals surface area (Å²) in [5.74, 6) is -0.546. The van der Waals surface area contributed by atoms with Crippen molar-refractivity contribution in [1.82, 2.24) is 4.90 Å². The second kappa shape index (κ2) is 5.27. The molecule has 1 rings (SSSR count). The van der Waals surface area contributed by atoms with E-state index in [9.17, 15) is 14.8 Å². The molecule has 1 aliphatic heterocycles.